The Morgan fingerprint density at radius 1 is 1.30 bits per heavy atom. The number of benzene rings is 1. The largest absolute Gasteiger partial charge is 1.00 e. The molecule has 0 N–H and O–H groups in total. The first-order valence-corrected chi connectivity index (χ1v) is 6.61. The molecule has 0 aliphatic heterocycles. The minimum atomic E-state index is -0.200. The van der Waals surface area contributed by atoms with E-state index in [0.29, 0.717) is 24.2 Å². The van der Waals surface area contributed by atoms with Gasteiger partial charge in [0, 0.05) is 5.03 Å². The van der Waals surface area contributed by atoms with E-state index in [9.17, 15) is 4.79 Å². The molecule has 0 saturated heterocycles. The molecule has 0 unspecified atom stereocenters. The molecule has 1 aromatic rings. The van der Waals surface area contributed by atoms with Crippen molar-refractivity contribution in [2.24, 2.45) is 0 Å². The topological polar surface area (TPSA) is 26.3 Å². The quantitative estimate of drug-likeness (QED) is 0.543. The van der Waals surface area contributed by atoms with Crippen molar-refractivity contribution >= 4 is 17.6 Å². The Kier molecular flexibility index (Phi) is 8.54. The third-order valence-corrected chi connectivity index (χ3v) is 2.82. The average Bonchev–Trinajstić information content (AvgIpc) is 2.35. The van der Waals surface area contributed by atoms with Crippen LogP contribution < -0.4 is 12.4 Å². The summed E-state index contributed by atoms with van der Waals surface area (Å²) < 4.78 is 5.79. The van der Waals surface area contributed by atoms with Crippen LogP contribution in [0.25, 0.3) is 0 Å². The van der Waals surface area contributed by atoms with Crippen LogP contribution in [0.5, 0.6) is 0 Å². The Morgan fingerprint density at radius 3 is 2.45 bits per heavy atom. The Bertz CT molecular complexity index is 440. The van der Waals surface area contributed by atoms with E-state index in [2.05, 4.69) is 0 Å². The number of esters is 1. The van der Waals surface area contributed by atoms with Gasteiger partial charge in [0.1, 0.15) is 6.61 Å². The maximum atomic E-state index is 11.8. The number of halogens is 2. The van der Waals surface area contributed by atoms with E-state index >= 15 is 0 Å². The van der Waals surface area contributed by atoms with Gasteiger partial charge in [0.25, 0.3) is 0 Å². The van der Waals surface area contributed by atoms with Crippen LogP contribution in [0.15, 0.2) is 41.4 Å². The molecule has 1 rings (SSSR count). The summed E-state index contributed by atoms with van der Waals surface area (Å²) in [5, 5.41) is 0.740. The molecular weight excluding hydrogens is 297 g/mol. The van der Waals surface area contributed by atoms with E-state index in [-0.39, 0.29) is 18.4 Å². The van der Waals surface area contributed by atoms with Crippen molar-refractivity contribution in [3.05, 3.63) is 47.0 Å². The number of hydrogen-bond acceptors (Lipinski definition) is 2. The van der Waals surface area contributed by atoms with Gasteiger partial charge in [-0.15, -0.1) is 0 Å². The fourth-order valence-electron chi connectivity index (χ4n) is 1.57. The first-order valence-electron chi connectivity index (χ1n) is 6.23. The fourth-order valence-corrected chi connectivity index (χ4v) is 1.64. The van der Waals surface area contributed by atoms with E-state index < -0.39 is 0 Å². The van der Waals surface area contributed by atoms with Gasteiger partial charge in [0.2, 0.25) is 0 Å². The van der Waals surface area contributed by atoms with E-state index in [1.54, 1.807) is 0 Å². The van der Waals surface area contributed by atoms with Crippen LogP contribution in [0.3, 0.4) is 0 Å². The molecule has 0 heterocycles. The Morgan fingerprint density at radius 2 is 1.90 bits per heavy atom. The highest BCUT2D eigenvalue weighted by Gasteiger charge is 2.19. The Balaban J connectivity index is 0.00000361. The SMILES string of the molecule is C/C(Cl)=C/C[N+](C)(C)CC(=O)OCc1ccccc1.[Cl-]. The van der Waals surface area contributed by atoms with Crippen LogP contribution in [0.4, 0.5) is 0 Å². The van der Waals surface area contributed by atoms with Crippen molar-refractivity contribution in [1.82, 2.24) is 0 Å². The molecule has 5 heteroatoms. The minimum Gasteiger partial charge on any atom is -1.00 e. The first-order chi connectivity index (χ1) is 8.89. The summed E-state index contributed by atoms with van der Waals surface area (Å²) in [7, 11) is 3.94. The Hall–Kier alpha value is -1.03. The number of likely N-dealkylation sites (N-methyl/N-ethyl adjacent to an activating group) is 1. The summed E-state index contributed by atoms with van der Waals surface area (Å²) in [4.78, 5) is 11.8. The summed E-state index contributed by atoms with van der Waals surface area (Å²) in [5.41, 5.74) is 0.998. The third-order valence-electron chi connectivity index (χ3n) is 2.67. The number of ether oxygens (including phenoxy) is 1. The second-order valence-corrected chi connectivity index (χ2v) is 5.81. The van der Waals surface area contributed by atoms with E-state index in [4.69, 9.17) is 16.3 Å². The zero-order chi connectivity index (χ0) is 14.3. The second kappa shape index (κ2) is 9.01. The highest BCUT2D eigenvalue weighted by molar-refractivity contribution is 6.29. The summed E-state index contributed by atoms with van der Waals surface area (Å²) in [6.07, 6.45) is 1.91. The summed E-state index contributed by atoms with van der Waals surface area (Å²) in [5.74, 6) is -0.200. The van der Waals surface area contributed by atoms with Crippen molar-refractivity contribution in [1.29, 1.82) is 0 Å². The molecule has 0 amide bonds. The van der Waals surface area contributed by atoms with Crippen LogP contribution >= 0.6 is 11.6 Å². The molecule has 0 spiro atoms. The summed E-state index contributed by atoms with van der Waals surface area (Å²) in [6.45, 7) is 3.18. The van der Waals surface area contributed by atoms with Crippen molar-refractivity contribution in [3.63, 3.8) is 0 Å². The molecule has 0 aliphatic carbocycles. The molecule has 1 aromatic carbocycles. The highest BCUT2D eigenvalue weighted by Crippen LogP contribution is 2.05. The van der Waals surface area contributed by atoms with Gasteiger partial charge in [-0.05, 0) is 18.6 Å². The predicted octanol–water partition coefficient (Wildman–Crippen LogP) is -0.0472. The molecule has 0 atom stereocenters. The molecule has 0 aromatic heterocycles. The van der Waals surface area contributed by atoms with E-state index in [1.165, 1.54) is 0 Å². The predicted molar refractivity (Wildman–Crippen MR) is 77.7 cm³/mol. The second-order valence-electron chi connectivity index (χ2n) is 5.21. The molecule has 112 valence electrons. The standard InChI is InChI=1S/C15H21ClNO2.ClH/c1-13(16)9-10-17(2,3)11-15(18)19-12-14-7-5-4-6-8-14;/h4-9H,10-12H2,1-3H3;1H/q+1;/p-1/b13-9-;. The minimum absolute atomic E-state index is 0. The van der Waals surface area contributed by atoms with Crippen molar-refractivity contribution in [3.8, 4) is 0 Å². The smallest absolute Gasteiger partial charge is 0.362 e. The molecular formula is C15H21Cl2NO2. The first kappa shape index (κ1) is 19.0. The van der Waals surface area contributed by atoms with E-state index in [0.717, 1.165) is 10.6 Å². The number of hydrogen-bond donors (Lipinski definition) is 0. The van der Waals surface area contributed by atoms with Gasteiger partial charge in [-0.3, -0.25) is 0 Å². The lowest BCUT2D eigenvalue weighted by atomic mass is 10.2. The number of allylic oxidation sites excluding steroid dienone is 1. The zero-order valence-electron chi connectivity index (χ0n) is 12.1. The van der Waals surface area contributed by atoms with Gasteiger partial charge in [0.05, 0.1) is 20.6 Å². The number of rotatable bonds is 6. The van der Waals surface area contributed by atoms with Gasteiger partial charge in [0.15, 0.2) is 6.54 Å². The average molecular weight is 318 g/mol. The normalized spacial score (nSPS) is 11.7. The zero-order valence-corrected chi connectivity index (χ0v) is 13.6. The molecule has 0 fully saturated rings. The number of nitrogens with zero attached hydrogens (tertiary/aromatic N) is 1. The van der Waals surface area contributed by atoms with Crippen LogP contribution in [-0.4, -0.2) is 37.6 Å². The lowest BCUT2D eigenvalue weighted by Crippen LogP contribution is -3.00. The van der Waals surface area contributed by atoms with Crippen molar-refractivity contribution < 1.29 is 26.4 Å². The molecule has 0 aliphatic rings. The Labute approximate surface area is 132 Å². The molecule has 0 radical (unpaired) electrons. The van der Waals surface area contributed by atoms with Crippen LogP contribution in [0.1, 0.15) is 12.5 Å². The van der Waals surface area contributed by atoms with Gasteiger partial charge >= 0.3 is 5.97 Å². The molecule has 20 heavy (non-hydrogen) atoms. The van der Waals surface area contributed by atoms with Gasteiger partial charge in [-0.25, -0.2) is 4.79 Å². The van der Waals surface area contributed by atoms with Crippen LogP contribution in [-0.2, 0) is 16.1 Å². The maximum Gasteiger partial charge on any atom is 0.362 e. The maximum absolute atomic E-state index is 11.8. The van der Waals surface area contributed by atoms with Crippen LogP contribution in [0, 0.1) is 0 Å². The monoisotopic (exact) mass is 317 g/mol. The number of carbonyl (C=O) groups excluding carboxylic acids is 1. The van der Waals surface area contributed by atoms with Gasteiger partial charge in [-0.2, -0.15) is 0 Å². The lowest BCUT2D eigenvalue weighted by molar-refractivity contribution is -0.877. The van der Waals surface area contributed by atoms with Crippen molar-refractivity contribution in [2.45, 2.75) is 13.5 Å². The van der Waals surface area contributed by atoms with Gasteiger partial charge in [-0.1, -0.05) is 41.9 Å². The number of quaternary nitrogens is 1. The molecule has 0 saturated carbocycles. The third kappa shape index (κ3) is 8.20. The highest BCUT2D eigenvalue weighted by atomic mass is 35.5. The number of carbonyl (C=O) groups is 1. The molecule has 3 nitrogen and oxygen atoms in total. The summed E-state index contributed by atoms with van der Waals surface area (Å²) >= 11 is 5.80. The van der Waals surface area contributed by atoms with Crippen molar-refractivity contribution in [2.75, 3.05) is 27.2 Å². The lowest BCUT2D eigenvalue weighted by Gasteiger charge is -2.27. The van der Waals surface area contributed by atoms with Crippen LogP contribution in [0.2, 0.25) is 0 Å². The molecule has 0 bridgehead atoms. The van der Waals surface area contributed by atoms with E-state index in [1.807, 2.05) is 57.4 Å². The fraction of sp³-hybridized carbons (Fsp3) is 0.400. The van der Waals surface area contributed by atoms with Gasteiger partial charge < -0.3 is 21.6 Å². The summed E-state index contributed by atoms with van der Waals surface area (Å²) in [6, 6.07) is 9.67.